The van der Waals surface area contributed by atoms with Gasteiger partial charge in [-0.05, 0) is 51.6 Å². The highest BCUT2D eigenvalue weighted by Gasteiger charge is 2.24. The highest BCUT2D eigenvalue weighted by atomic mass is 127. The molecule has 1 aromatic heterocycles. The summed E-state index contributed by atoms with van der Waals surface area (Å²) in [6.07, 6.45) is 9.05. The minimum absolute atomic E-state index is 0. The first-order valence-electron chi connectivity index (χ1n) is 11.2. The van der Waals surface area contributed by atoms with Gasteiger partial charge in [0, 0.05) is 25.7 Å². The van der Waals surface area contributed by atoms with Crippen molar-refractivity contribution < 1.29 is 0 Å². The first-order chi connectivity index (χ1) is 13.6. The number of likely N-dealkylation sites (tertiary alicyclic amines) is 1. The van der Waals surface area contributed by atoms with Crippen molar-refractivity contribution in [3.63, 3.8) is 0 Å². The van der Waals surface area contributed by atoms with Gasteiger partial charge in [0.2, 0.25) is 0 Å². The van der Waals surface area contributed by atoms with Gasteiger partial charge >= 0.3 is 0 Å². The lowest BCUT2D eigenvalue weighted by Gasteiger charge is -2.31. The van der Waals surface area contributed by atoms with Crippen molar-refractivity contribution in [2.24, 2.45) is 18.0 Å². The van der Waals surface area contributed by atoms with Crippen LogP contribution in [0.4, 0.5) is 0 Å². The van der Waals surface area contributed by atoms with Gasteiger partial charge in [-0.3, -0.25) is 4.90 Å². The number of halogens is 1. The van der Waals surface area contributed by atoms with Gasteiger partial charge < -0.3 is 15.2 Å². The molecule has 1 saturated heterocycles. The maximum Gasteiger partial charge on any atom is 0.191 e. The quantitative estimate of drug-likeness (QED) is 0.330. The molecule has 0 bridgehead atoms. The summed E-state index contributed by atoms with van der Waals surface area (Å²) in [5, 5.41) is 15.8. The van der Waals surface area contributed by atoms with Crippen LogP contribution in [0.1, 0.15) is 70.4 Å². The summed E-state index contributed by atoms with van der Waals surface area (Å²) in [4.78, 5) is 7.45. The van der Waals surface area contributed by atoms with Gasteiger partial charge in [0.1, 0.15) is 12.4 Å². The van der Waals surface area contributed by atoms with Crippen molar-refractivity contribution in [1.29, 1.82) is 0 Å². The van der Waals surface area contributed by atoms with E-state index in [0.29, 0.717) is 18.6 Å². The Bertz CT molecular complexity index is 645. The Morgan fingerprint density at radius 1 is 1.17 bits per heavy atom. The summed E-state index contributed by atoms with van der Waals surface area (Å²) in [6, 6.07) is 1.14. The van der Waals surface area contributed by atoms with Gasteiger partial charge in [0.15, 0.2) is 11.8 Å². The van der Waals surface area contributed by atoms with Crippen LogP contribution in [0.2, 0.25) is 0 Å². The minimum atomic E-state index is 0. The van der Waals surface area contributed by atoms with E-state index in [1.165, 1.54) is 51.5 Å². The zero-order valence-electron chi connectivity index (χ0n) is 18.7. The highest BCUT2D eigenvalue weighted by Crippen LogP contribution is 2.26. The molecular formula is C21H40IN7. The summed E-state index contributed by atoms with van der Waals surface area (Å²) in [5.41, 5.74) is 0. The van der Waals surface area contributed by atoms with E-state index < -0.39 is 0 Å². The van der Waals surface area contributed by atoms with Gasteiger partial charge in [-0.1, -0.05) is 33.1 Å². The summed E-state index contributed by atoms with van der Waals surface area (Å²) < 4.78 is 2.02. The van der Waals surface area contributed by atoms with E-state index in [4.69, 9.17) is 4.99 Å². The first kappa shape index (κ1) is 24.4. The monoisotopic (exact) mass is 517 g/mol. The third-order valence-electron chi connectivity index (χ3n) is 6.67. The van der Waals surface area contributed by atoms with Crippen LogP contribution >= 0.6 is 24.0 Å². The molecule has 0 spiro atoms. The Labute approximate surface area is 193 Å². The number of nitrogens with zero attached hydrogens (tertiary/aromatic N) is 5. The Morgan fingerprint density at radius 2 is 2.00 bits per heavy atom. The number of aromatic nitrogens is 3. The summed E-state index contributed by atoms with van der Waals surface area (Å²) in [6.45, 7) is 10.4. The second-order valence-corrected chi connectivity index (χ2v) is 8.47. The van der Waals surface area contributed by atoms with Gasteiger partial charge in [-0.15, -0.1) is 34.2 Å². The third-order valence-corrected chi connectivity index (χ3v) is 6.67. The average Bonchev–Trinajstić information content (AvgIpc) is 3.30. The number of aryl methyl sites for hydroxylation is 1. The Balaban J connectivity index is 0.00000300. The molecule has 2 fully saturated rings. The van der Waals surface area contributed by atoms with E-state index in [9.17, 15) is 0 Å². The van der Waals surface area contributed by atoms with Gasteiger partial charge in [-0.25, -0.2) is 4.99 Å². The number of likely N-dealkylation sites (N-methyl/N-ethyl adjacent to an activating group) is 1. The highest BCUT2D eigenvalue weighted by molar-refractivity contribution is 14.0. The molecule has 1 aliphatic carbocycles. The van der Waals surface area contributed by atoms with Crippen molar-refractivity contribution in [3.8, 4) is 0 Å². The molecule has 166 valence electrons. The molecule has 2 heterocycles. The van der Waals surface area contributed by atoms with Crippen molar-refractivity contribution in [2.75, 3.05) is 19.6 Å². The molecule has 3 atom stereocenters. The van der Waals surface area contributed by atoms with Crippen molar-refractivity contribution in [3.05, 3.63) is 11.6 Å². The predicted molar refractivity (Wildman–Crippen MR) is 130 cm³/mol. The largest absolute Gasteiger partial charge is 0.355 e. The standard InChI is InChI=1S/C21H39N7.HI/c1-5-17-9-7-10-18(13-17)24-21(22-14-19-11-8-12-28(19)6-2)23-15-20-26-25-16(3)27(20)4;/h17-19H,5-15H2,1-4H3,(H2,22,23,24);1H. The lowest BCUT2D eigenvalue weighted by atomic mass is 9.84. The topological polar surface area (TPSA) is 70.4 Å². The second kappa shape index (κ2) is 12.1. The van der Waals surface area contributed by atoms with Crippen molar-refractivity contribution >= 4 is 29.9 Å². The molecule has 2 aliphatic rings. The normalized spacial score (nSPS) is 25.7. The summed E-state index contributed by atoms with van der Waals surface area (Å²) in [7, 11) is 2.01. The molecule has 1 aromatic rings. The van der Waals surface area contributed by atoms with E-state index in [-0.39, 0.29) is 24.0 Å². The molecule has 1 saturated carbocycles. The van der Waals surface area contributed by atoms with Gasteiger partial charge in [0.05, 0.1) is 0 Å². The van der Waals surface area contributed by atoms with Crippen LogP contribution in [0.15, 0.2) is 4.99 Å². The summed E-state index contributed by atoms with van der Waals surface area (Å²) in [5.74, 6) is 3.62. The molecule has 2 N–H and O–H groups in total. The Morgan fingerprint density at radius 3 is 2.69 bits per heavy atom. The fourth-order valence-electron chi connectivity index (χ4n) is 4.63. The molecule has 8 heteroatoms. The van der Waals surface area contributed by atoms with Crippen LogP contribution < -0.4 is 10.6 Å². The van der Waals surface area contributed by atoms with Gasteiger partial charge in [-0.2, -0.15) is 0 Å². The lowest BCUT2D eigenvalue weighted by Crippen LogP contribution is -2.49. The molecule has 7 nitrogen and oxygen atoms in total. The van der Waals surface area contributed by atoms with Crippen LogP contribution in [0.5, 0.6) is 0 Å². The Kier molecular flexibility index (Phi) is 10.1. The number of hydrogen-bond donors (Lipinski definition) is 2. The second-order valence-electron chi connectivity index (χ2n) is 8.47. The van der Waals surface area contributed by atoms with E-state index in [2.05, 4.69) is 39.6 Å². The molecule has 0 amide bonds. The molecule has 1 aliphatic heterocycles. The van der Waals surface area contributed by atoms with E-state index >= 15 is 0 Å². The maximum absolute atomic E-state index is 4.88. The number of nitrogens with one attached hydrogen (secondary N) is 2. The first-order valence-corrected chi connectivity index (χ1v) is 11.2. The maximum atomic E-state index is 4.88. The van der Waals surface area contributed by atoms with Crippen LogP contribution in [-0.4, -0.2) is 57.3 Å². The van der Waals surface area contributed by atoms with Crippen LogP contribution in [0, 0.1) is 12.8 Å². The zero-order chi connectivity index (χ0) is 19.9. The SMILES string of the molecule is CCC1CCCC(NC(=NCc2nnc(C)n2C)NCC2CCCN2CC)C1.I. The molecule has 0 aromatic carbocycles. The molecule has 0 radical (unpaired) electrons. The van der Waals surface area contributed by atoms with Crippen LogP contribution in [0.3, 0.4) is 0 Å². The molecule has 29 heavy (non-hydrogen) atoms. The van der Waals surface area contributed by atoms with Crippen molar-refractivity contribution in [2.45, 2.75) is 84.3 Å². The van der Waals surface area contributed by atoms with E-state index in [0.717, 1.165) is 36.6 Å². The fraction of sp³-hybridized carbons (Fsp3) is 0.857. The van der Waals surface area contributed by atoms with E-state index in [1.54, 1.807) is 0 Å². The zero-order valence-corrected chi connectivity index (χ0v) is 21.0. The number of aliphatic imine (C=N–C) groups is 1. The van der Waals surface area contributed by atoms with E-state index in [1.807, 2.05) is 18.5 Å². The van der Waals surface area contributed by atoms with Crippen LogP contribution in [0.25, 0.3) is 0 Å². The minimum Gasteiger partial charge on any atom is -0.355 e. The van der Waals surface area contributed by atoms with Crippen molar-refractivity contribution in [1.82, 2.24) is 30.3 Å². The van der Waals surface area contributed by atoms with Gasteiger partial charge in [0.25, 0.3) is 0 Å². The predicted octanol–water partition coefficient (Wildman–Crippen LogP) is 3.23. The lowest BCUT2D eigenvalue weighted by molar-refractivity contribution is 0.265. The smallest absolute Gasteiger partial charge is 0.191 e. The number of guanidine groups is 1. The Hall–Kier alpha value is -0.900. The van der Waals surface area contributed by atoms with Crippen LogP contribution in [-0.2, 0) is 13.6 Å². The molecule has 3 rings (SSSR count). The summed E-state index contributed by atoms with van der Waals surface area (Å²) >= 11 is 0. The molecular weight excluding hydrogens is 477 g/mol. The fourth-order valence-corrected chi connectivity index (χ4v) is 4.63. The number of rotatable bonds is 7. The molecule has 3 unspecified atom stereocenters. The number of hydrogen-bond acceptors (Lipinski definition) is 4. The third kappa shape index (κ3) is 6.80. The average molecular weight is 518 g/mol.